The summed E-state index contributed by atoms with van der Waals surface area (Å²) < 4.78 is 7.41. The van der Waals surface area contributed by atoms with Gasteiger partial charge >= 0.3 is 5.97 Å². The molecule has 0 N–H and O–H groups in total. The number of esters is 1. The molecule has 0 radical (unpaired) electrons. The molecule has 0 spiro atoms. The molecule has 0 amide bonds. The molecule has 1 fully saturated rings. The van der Waals surface area contributed by atoms with E-state index in [0.29, 0.717) is 13.2 Å². The van der Waals surface area contributed by atoms with Crippen LogP contribution in [0, 0.1) is 31.1 Å². The Labute approximate surface area is 135 Å². The van der Waals surface area contributed by atoms with E-state index < -0.39 is 0 Å². The molecule has 2 atom stereocenters. The molecule has 21 heavy (non-hydrogen) atoms. The summed E-state index contributed by atoms with van der Waals surface area (Å²) in [7, 11) is 0. The molecule has 6 heteroatoms. The highest BCUT2D eigenvalue weighted by molar-refractivity contribution is 6.55. The van der Waals surface area contributed by atoms with Crippen molar-refractivity contribution in [1.29, 1.82) is 0 Å². The van der Waals surface area contributed by atoms with Gasteiger partial charge in [0.05, 0.1) is 18.2 Å². The quantitative estimate of drug-likeness (QED) is 0.774. The van der Waals surface area contributed by atoms with Gasteiger partial charge < -0.3 is 4.74 Å². The first-order valence-corrected chi connectivity index (χ1v) is 7.69. The molecular weight excluding hydrogens is 311 g/mol. The van der Waals surface area contributed by atoms with Crippen molar-refractivity contribution in [3.05, 3.63) is 28.0 Å². The number of halogens is 2. The lowest BCUT2D eigenvalue weighted by molar-refractivity contribution is -0.146. The van der Waals surface area contributed by atoms with Gasteiger partial charge in [0, 0.05) is 5.69 Å². The Morgan fingerprint density at radius 3 is 2.67 bits per heavy atom. The van der Waals surface area contributed by atoms with Gasteiger partial charge in [-0.05, 0) is 37.3 Å². The predicted octanol–water partition coefficient (Wildman–Crippen LogP) is 3.63. The second kappa shape index (κ2) is 6.01. The molecular formula is C15H20Cl2N2O2. The van der Waals surface area contributed by atoms with Crippen molar-refractivity contribution in [2.24, 2.45) is 17.3 Å². The average molecular weight is 331 g/mol. The third-order valence-corrected chi connectivity index (χ3v) is 4.37. The van der Waals surface area contributed by atoms with Crippen LogP contribution in [0.15, 0.2) is 16.6 Å². The van der Waals surface area contributed by atoms with Crippen LogP contribution in [0.4, 0.5) is 0 Å². The van der Waals surface area contributed by atoms with E-state index in [0.717, 1.165) is 11.4 Å². The topological polar surface area (TPSA) is 44.1 Å². The number of carbonyl (C=O) groups excluding carboxylic acids is 1. The molecule has 4 nitrogen and oxygen atoms in total. The van der Waals surface area contributed by atoms with Crippen molar-refractivity contribution < 1.29 is 9.53 Å². The predicted molar refractivity (Wildman–Crippen MR) is 83.2 cm³/mol. The van der Waals surface area contributed by atoms with E-state index in [9.17, 15) is 4.79 Å². The Hall–Kier alpha value is -1.000. The zero-order valence-corrected chi connectivity index (χ0v) is 14.2. The number of aryl methyl sites for hydroxylation is 2. The Bertz CT molecular complexity index is 574. The fourth-order valence-electron chi connectivity index (χ4n) is 2.80. The van der Waals surface area contributed by atoms with Crippen molar-refractivity contribution in [1.82, 2.24) is 9.78 Å². The highest BCUT2D eigenvalue weighted by Gasteiger charge is 2.61. The van der Waals surface area contributed by atoms with E-state index in [1.54, 1.807) is 6.08 Å². The van der Waals surface area contributed by atoms with Gasteiger partial charge in [0.15, 0.2) is 0 Å². The van der Waals surface area contributed by atoms with E-state index in [4.69, 9.17) is 27.9 Å². The van der Waals surface area contributed by atoms with Gasteiger partial charge in [-0.25, -0.2) is 0 Å². The van der Waals surface area contributed by atoms with Gasteiger partial charge in [-0.2, -0.15) is 5.10 Å². The molecule has 1 heterocycles. The first-order chi connectivity index (χ1) is 9.73. The zero-order valence-electron chi connectivity index (χ0n) is 12.7. The third-order valence-electron chi connectivity index (χ3n) is 4.12. The minimum absolute atomic E-state index is 0.0451. The average Bonchev–Trinajstić information content (AvgIpc) is 2.70. The molecule has 2 rings (SSSR count). The van der Waals surface area contributed by atoms with Crippen molar-refractivity contribution in [3.8, 4) is 0 Å². The number of carbonyl (C=O) groups is 1. The molecule has 0 unspecified atom stereocenters. The van der Waals surface area contributed by atoms with E-state index in [1.165, 1.54) is 0 Å². The number of nitrogens with zero attached hydrogens (tertiary/aromatic N) is 2. The summed E-state index contributed by atoms with van der Waals surface area (Å²) >= 11 is 11.4. The van der Waals surface area contributed by atoms with E-state index in [-0.39, 0.29) is 27.7 Å². The van der Waals surface area contributed by atoms with Gasteiger partial charge in [0.25, 0.3) is 0 Å². The standard InChI is InChI=1S/C15H20Cl2N2O2/c1-9-7-10(2)19(18-9)5-6-21-14(20)13-11(8-12(16)17)15(13,3)4/h7-8,11,13H,5-6H2,1-4H3/t11-,13-/m0/s1. The largest absolute Gasteiger partial charge is 0.463 e. The molecule has 1 aliphatic rings. The summed E-state index contributed by atoms with van der Waals surface area (Å²) in [5.74, 6) is -0.327. The number of allylic oxidation sites excluding steroid dienone is 1. The van der Waals surface area contributed by atoms with Crippen LogP contribution in [0.3, 0.4) is 0 Å². The molecule has 0 aliphatic heterocycles. The lowest BCUT2D eigenvalue weighted by Gasteiger charge is -2.07. The first-order valence-electron chi connectivity index (χ1n) is 6.94. The maximum absolute atomic E-state index is 12.1. The van der Waals surface area contributed by atoms with Crippen molar-refractivity contribution in [3.63, 3.8) is 0 Å². The number of hydrogen-bond acceptors (Lipinski definition) is 3. The van der Waals surface area contributed by atoms with Crippen molar-refractivity contribution >= 4 is 29.2 Å². The van der Waals surface area contributed by atoms with Gasteiger partial charge in [0.2, 0.25) is 0 Å². The molecule has 1 aromatic rings. The van der Waals surface area contributed by atoms with Crippen LogP contribution in [-0.2, 0) is 16.1 Å². The van der Waals surface area contributed by atoms with Gasteiger partial charge in [0.1, 0.15) is 11.1 Å². The number of aromatic nitrogens is 2. The maximum atomic E-state index is 12.1. The molecule has 116 valence electrons. The third kappa shape index (κ3) is 3.61. The lowest BCUT2D eigenvalue weighted by atomic mass is 10.1. The first kappa shape index (κ1) is 16.4. The molecule has 0 saturated heterocycles. The normalized spacial score (nSPS) is 22.8. The highest BCUT2D eigenvalue weighted by Crippen LogP contribution is 2.60. The van der Waals surface area contributed by atoms with E-state index >= 15 is 0 Å². The smallest absolute Gasteiger partial charge is 0.310 e. The van der Waals surface area contributed by atoms with Gasteiger partial charge in [-0.3, -0.25) is 9.48 Å². The molecule has 1 aromatic heterocycles. The molecule has 1 aliphatic carbocycles. The van der Waals surface area contributed by atoms with Crippen LogP contribution in [0.1, 0.15) is 25.2 Å². The second-order valence-corrected chi connectivity index (χ2v) is 7.11. The molecule has 0 aromatic carbocycles. The minimum atomic E-state index is -0.197. The Morgan fingerprint density at radius 2 is 2.14 bits per heavy atom. The number of ether oxygens (including phenoxy) is 1. The molecule has 1 saturated carbocycles. The summed E-state index contributed by atoms with van der Waals surface area (Å²) in [6.07, 6.45) is 1.72. The summed E-state index contributed by atoms with van der Waals surface area (Å²) in [4.78, 5) is 12.1. The maximum Gasteiger partial charge on any atom is 0.310 e. The van der Waals surface area contributed by atoms with Crippen LogP contribution in [0.2, 0.25) is 0 Å². The summed E-state index contributed by atoms with van der Waals surface area (Å²) in [6, 6.07) is 2.00. The molecule has 0 bridgehead atoms. The number of rotatable bonds is 5. The van der Waals surface area contributed by atoms with Crippen molar-refractivity contribution in [2.45, 2.75) is 34.2 Å². The summed E-state index contributed by atoms with van der Waals surface area (Å²) in [5, 5.41) is 4.33. The fourth-order valence-corrected chi connectivity index (χ4v) is 3.07. The van der Waals surface area contributed by atoms with Gasteiger partial charge in [-0.1, -0.05) is 37.0 Å². The van der Waals surface area contributed by atoms with Crippen LogP contribution in [0.5, 0.6) is 0 Å². The Kier molecular flexibility index (Phi) is 4.69. The zero-order chi connectivity index (χ0) is 15.8. The van der Waals surface area contributed by atoms with E-state index in [2.05, 4.69) is 5.10 Å². The second-order valence-electron chi connectivity index (χ2n) is 6.10. The lowest BCUT2D eigenvalue weighted by Crippen LogP contribution is -2.16. The summed E-state index contributed by atoms with van der Waals surface area (Å²) in [5.41, 5.74) is 1.87. The minimum Gasteiger partial charge on any atom is -0.463 e. The summed E-state index contributed by atoms with van der Waals surface area (Å²) in [6.45, 7) is 8.83. The Balaban J connectivity index is 1.86. The van der Waals surface area contributed by atoms with Crippen molar-refractivity contribution in [2.75, 3.05) is 6.61 Å². The number of hydrogen-bond donors (Lipinski definition) is 0. The monoisotopic (exact) mass is 330 g/mol. The SMILES string of the molecule is Cc1cc(C)n(CCOC(=O)[C@@H]2[C@H](C=C(Cl)Cl)C2(C)C)n1. The van der Waals surface area contributed by atoms with Crippen LogP contribution < -0.4 is 0 Å². The highest BCUT2D eigenvalue weighted by atomic mass is 35.5. The Morgan fingerprint density at radius 1 is 1.48 bits per heavy atom. The van der Waals surface area contributed by atoms with Crippen LogP contribution in [0.25, 0.3) is 0 Å². The van der Waals surface area contributed by atoms with Crippen LogP contribution >= 0.6 is 23.2 Å². The van der Waals surface area contributed by atoms with Crippen LogP contribution in [-0.4, -0.2) is 22.4 Å². The van der Waals surface area contributed by atoms with E-state index in [1.807, 2.05) is 38.4 Å². The fraction of sp³-hybridized carbons (Fsp3) is 0.600. The van der Waals surface area contributed by atoms with Gasteiger partial charge in [-0.15, -0.1) is 0 Å².